The number of esters is 1. The predicted molar refractivity (Wildman–Crippen MR) is 92.8 cm³/mol. The first kappa shape index (κ1) is 18.8. The minimum absolute atomic E-state index is 0.0259. The molecule has 2 rings (SSSR count). The molecule has 0 saturated carbocycles. The first-order valence-electron chi connectivity index (χ1n) is 7.08. The molecule has 1 unspecified atom stereocenters. The Labute approximate surface area is 149 Å². The van der Waals surface area contributed by atoms with Crippen molar-refractivity contribution in [2.45, 2.75) is 17.9 Å². The van der Waals surface area contributed by atoms with E-state index in [2.05, 4.69) is 4.72 Å². The van der Waals surface area contributed by atoms with Crippen LogP contribution in [0.2, 0.25) is 5.02 Å². The van der Waals surface area contributed by atoms with Crippen molar-refractivity contribution < 1.29 is 22.7 Å². The summed E-state index contributed by atoms with van der Waals surface area (Å²) in [6.07, 6.45) is -1.13. The molecule has 2 aromatic carbocycles. The molecule has 3 N–H and O–H groups in total. The van der Waals surface area contributed by atoms with Gasteiger partial charge >= 0.3 is 5.97 Å². The van der Waals surface area contributed by atoms with E-state index in [1.54, 1.807) is 12.1 Å². The Morgan fingerprint density at radius 2 is 1.84 bits per heavy atom. The second-order valence-electron chi connectivity index (χ2n) is 5.09. The summed E-state index contributed by atoms with van der Waals surface area (Å²) < 4.78 is 32.1. The summed E-state index contributed by atoms with van der Waals surface area (Å²) in [7, 11) is -3.94. The molecule has 7 nitrogen and oxygen atoms in total. The Bertz CT molecular complexity index is 914. The maximum atomic E-state index is 12.4. The maximum Gasteiger partial charge on any atom is 0.338 e. The van der Waals surface area contributed by atoms with E-state index < -0.39 is 28.0 Å². The quantitative estimate of drug-likeness (QED) is 0.743. The van der Waals surface area contributed by atoms with Crippen LogP contribution in [0.25, 0.3) is 0 Å². The van der Waals surface area contributed by atoms with Crippen molar-refractivity contribution in [3.63, 3.8) is 0 Å². The highest BCUT2D eigenvalue weighted by Crippen LogP contribution is 2.20. The van der Waals surface area contributed by atoms with Crippen LogP contribution in [0.1, 0.15) is 17.3 Å². The molecular formula is C16H15ClN2O5S. The van der Waals surface area contributed by atoms with Crippen molar-refractivity contribution in [3.05, 3.63) is 59.1 Å². The normalized spacial score (nSPS) is 12.2. The molecule has 0 radical (unpaired) electrons. The number of ether oxygens (including phenoxy) is 1. The summed E-state index contributed by atoms with van der Waals surface area (Å²) in [6.45, 7) is 1.32. The fraction of sp³-hybridized carbons (Fsp3) is 0.125. The molecular weight excluding hydrogens is 368 g/mol. The first-order valence-corrected chi connectivity index (χ1v) is 8.94. The summed E-state index contributed by atoms with van der Waals surface area (Å²) in [4.78, 5) is 22.8. The standard InChI is InChI=1S/C16H15ClN2O5S/c1-10(15(18)20)24-16(21)11-4-2-7-14(8-11)25(22,23)19-13-6-3-5-12(17)9-13/h2-10,19H,1H3,(H2,18,20). The number of sulfonamides is 1. The first-order chi connectivity index (χ1) is 11.7. The lowest BCUT2D eigenvalue weighted by atomic mass is 10.2. The fourth-order valence-electron chi connectivity index (χ4n) is 1.84. The highest BCUT2D eigenvalue weighted by molar-refractivity contribution is 7.92. The lowest BCUT2D eigenvalue weighted by molar-refractivity contribution is -0.125. The third-order valence-corrected chi connectivity index (χ3v) is 4.76. The fourth-order valence-corrected chi connectivity index (χ4v) is 3.13. The highest BCUT2D eigenvalue weighted by Gasteiger charge is 2.20. The Morgan fingerprint density at radius 3 is 2.48 bits per heavy atom. The van der Waals surface area contributed by atoms with Gasteiger partial charge in [-0.25, -0.2) is 13.2 Å². The smallest absolute Gasteiger partial charge is 0.338 e. The van der Waals surface area contributed by atoms with E-state index in [9.17, 15) is 18.0 Å². The van der Waals surface area contributed by atoms with Gasteiger partial charge in [-0.15, -0.1) is 0 Å². The van der Waals surface area contributed by atoms with Crippen LogP contribution >= 0.6 is 11.6 Å². The number of primary amides is 1. The van der Waals surface area contributed by atoms with Gasteiger partial charge in [0.05, 0.1) is 16.1 Å². The summed E-state index contributed by atoms with van der Waals surface area (Å²) >= 11 is 5.83. The largest absolute Gasteiger partial charge is 0.449 e. The van der Waals surface area contributed by atoms with Crippen molar-refractivity contribution in [3.8, 4) is 0 Å². The number of nitrogens with two attached hydrogens (primary N) is 1. The lowest BCUT2D eigenvalue weighted by Gasteiger charge is -2.11. The Balaban J connectivity index is 2.25. The number of carbonyl (C=O) groups excluding carboxylic acids is 2. The molecule has 1 atom stereocenters. The predicted octanol–water partition coefficient (Wildman–Crippen LogP) is 2.17. The Morgan fingerprint density at radius 1 is 1.16 bits per heavy atom. The van der Waals surface area contributed by atoms with E-state index in [1.807, 2.05) is 0 Å². The van der Waals surface area contributed by atoms with Gasteiger partial charge in [0.2, 0.25) is 0 Å². The van der Waals surface area contributed by atoms with Gasteiger partial charge < -0.3 is 10.5 Å². The van der Waals surface area contributed by atoms with Gasteiger partial charge in [-0.05, 0) is 43.3 Å². The SMILES string of the molecule is CC(OC(=O)c1cccc(S(=O)(=O)Nc2cccc(Cl)c2)c1)C(N)=O. The van der Waals surface area contributed by atoms with Crippen LogP contribution in [-0.4, -0.2) is 26.4 Å². The van der Waals surface area contributed by atoms with Crippen molar-refractivity contribution in [2.75, 3.05) is 4.72 Å². The molecule has 2 aromatic rings. The van der Waals surface area contributed by atoms with Gasteiger partial charge in [0.1, 0.15) is 0 Å². The van der Waals surface area contributed by atoms with Crippen LogP contribution in [0.15, 0.2) is 53.4 Å². The zero-order chi connectivity index (χ0) is 18.6. The van der Waals surface area contributed by atoms with Crippen molar-refractivity contribution in [1.29, 1.82) is 0 Å². The van der Waals surface area contributed by atoms with Crippen LogP contribution in [0.4, 0.5) is 5.69 Å². The highest BCUT2D eigenvalue weighted by atomic mass is 35.5. The average molecular weight is 383 g/mol. The minimum atomic E-state index is -3.94. The van der Waals surface area contributed by atoms with Crippen LogP contribution in [-0.2, 0) is 19.6 Å². The van der Waals surface area contributed by atoms with Crippen LogP contribution in [0.5, 0.6) is 0 Å². The van der Waals surface area contributed by atoms with Crippen LogP contribution < -0.4 is 10.5 Å². The molecule has 25 heavy (non-hydrogen) atoms. The summed E-state index contributed by atoms with van der Waals surface area (Å²) in [5, 5.41) is 0.373. The molecule has 9 heteroatoms. The number of nitrogens with one attached hydrogen (secondary N) is 1. The van der Waals surface area contributed by atoms with Gasteiger partial charge in [0.25, 0.3) is 15.9 Å². The second kappa shape index (κ2) is 7.54. The minimum Gasteiger partial charge on any atom is -0.449 e. The third kappa shape index (κ3) is 4.94. The monoisotopic (exact) mass is 382 g/mol. The number of amides is 1. The summed E-state index contributed by atoms with van der Waals surface area (Å²) in [5.41, 5.74) is 5.28. The molecule has 0 aromatic heterocycles. The van der Waals surface area contributed by atoms with E-state index in [4.69, 9.17) is 22.1 Å². The topological polar surface area (TPSA) is 116 Å². The van der Waals surface area contributed by atoms with E-state index in [1.165, 1.54) is 37.3 Å². The summed E-state index contributed by atoms with van der Waals surface area (Å²) in [6, 6.07) is 11.4. The zero-order valence-corrected chi connectivity index (χ0v) is 14.7. The molecule has 0 saturated heterocycles. The van der Waals surface area contributed by atoms with E-state index in [0.717, 1.165) is 6.07 Å². The van der Waals surface area contributed by atoms with Crippen molar-refractivity contribution >= 4 is 39.2 Å². The number of hydrogen-bond acceptors (Lipinski definition) is 5. The molecule has 132 valence electrons. The van der Waals surface area contributed by atoms with Gasteiger partial charge in [0.15, 0.2) is 6.10 Å². The van der Waals surface area contributed by atoms with Gasteiger partial charge in [-0.2, -0.15) is 0 Å². The molecule has 0 aliphatic heterocycles. The second-order valence-corrected chi connectivity index (χ2v) is 7.21. The number of rotatable bonds is 6. The molecule has 1 amide bonds. The van der Waals surface area contributed by atoms with E-state index >= 15 is 0 Å². The number of anilines is 1. The molecule has 0 aliphatic rings. The van der Waals surface area contributed by atoms with E-state index in [0.29, 0.717) is 5.02 Å². The zero-order valence-electron chi connectivity index (χ0n) is 13.1. The summed E-state index contributed by atoms with van der Waals surface area (Å²) in [5.74, 6) is -1.66. The molecule has 0 aliphatic carbocycles. The van der Waals surface area contributed by atoms with Crippen molar-refractivity contribution in [1.82, 2.24) is 0 Å². The van der Waals surface area contributed by atoms with Crippen LogP contribution in [0, 0.1) is 0 Å². The number of benzene rings is 2. The number of carbonyl (C=O) groups is 2. The number of hydrogen-bond donors (Lipinski definition) is 2. The maximum absolute atomic E-state index is 12.4. The molecule has 0 spiro atoms. The molecule has 0 bridgehead atoms. The van der Waals surface area contributed by atoms with E-state index in [-0.39, 0.29) is 16.1 Å². The number of halogens is 1. The van der Waals surface area contributed by atoms with Crippen LogP contribution in [0.3, 0.4) is 0 Å². The third-order valence-electron chi connectivity index (χ3n) is 3.14. The van der Waals surface area contributed by atoms with Gasteiger partial charge in [-0.3, -0.25) is 9.52 Å². The van der Waals surface area contributed by atoms with Gasteiger partial charge in [-0.1, -0.05) is 23.7 Å². The van der Waals surface area contributed by atoms with Crippen molar-refractivity contribution in [2.24, 2.45) is 5.73 Å². The molecule has 0 fully saturated rings. The average Bonchev–Trinajstić information content (AvgIpc) is 2.54. The molecule has 0 heterocycles. The lowest BCUT2D eigenvalue weighted by Crippen LogP contribution is -2.30. The Hall–Kier alpha value is -2.58. The Kier molecular flexibility index (Phi) is 5.66. The van der Waals surface area contributed by atoms with Gasteiger partial charge in [0, 0.05) is 5.02 Å².